The Morgan fingerprint density at radius 1 is 0.952 bits per heavy atom. The molecule has 0 saturated heterocycles. The molecule has 1 aliphatic rings. The lowest BCUT2D eigenvalue weighted by atomic mass is 10.0. The van der Waals surface area contributed by atoms with Crippen molar-refractivity contribution in [3.05, 3.63) is 77.5 Å². The Labute approximate surface area is 124 Å². The average Bonchev–Trinajstić information content (AvgIpc) is 2.95. The molecule has 0 aliphatic carbocycles. The van der Waals surface area contributed by atoms with E-state index in [1.807, 2.05) is 36.4 Å². The summed E-state index contributed by atoms with van der Waals surface area (Å²) in [6, 6.07) is 17.8. The van der Waals surface area contributed by atoms with Crippen molar-refractivity contribution in [2.75, 3.05) is 0 Å². The van der Waals surface area contributed by atoms with Crippen LogP contribution in [0.2, 0.25) is 0 Å². The van der Waals surface area contributed by atoms with Crippen LogP contribution in [0.15, 0.2) is 66.4 Å². The van der Waals surface area contributed by atoms with E-state index in [9.17, 15) is 5.11 Å². The second-order valence-electron chi connectivity index (χ2n) is 5.27. The molecule has 2 N–H and O–H groups in total. The summed E-state index contributed by atoms with van der Waals surface area (Å²) < 4.78 is 0. The quantitative estimate of drug-likeness (QED) is 0.883. The second kappa shape index (κ2) is 6.46. The van der Waals surface area contributed by atoms with Crippen molar-refractivity contribution >= 4 is 0 Å². The number of hydrogen-bond donors (Lipinski definition) is 2. The van der Waals surface area contributed by atoms with Crippen molar-refractivity contribution in [3.8, 4) is 5.75 Å². The fraction of sp³-hybridized carbons (Fsp3) is 0.222. The predicted octanol–water partition coefficient (Wildman–Crippen LogP) is 3.35. The molecule has 0 amide bonds. The van der Waals surface area contributed by atoms with Crippen molar-refractivity contribution in [1.29, 1.82) is 0 Å². The standard InChI is InChI=1S/C18H19NO2/c20-18-9-5-4-8-15(18)10-11-16-13-17(21-19-16)12-14-6-2-1-3-7-14/h1-9,13,17,19-20H,10-12H2. The number of allylic oxidation sites excluding steroid dienone is 1. The molecular formula is C18H19NO2. The Hall–Kier alpha value is -2.26. The molecule has 21 heavy (non-hydrogen) atoms. The van der Waals surface area contributed by atoms with Gasteiger partial charge in [0.15, 0.2) is 0 Å². The molecule has 0 saturated carbocycles. The first kappa shape index (κ1) is 13.7. The lowest BCUT2D eigenvalue weighted by molar-refractivity contribution is 0.0418. The van der Waals surface area contributed by atoms with E-state index in [0.29, 0.717) is 5.75 Å². The van der Waals surface area contributed by atoms with E-state index < -0.39 is 0 Å². The van der Waals surface area contributed by atoms with Gasteiger partial charge in [0.1, 0.15) is 11.9 Å². The first-order chi connectivity index (χ1) is 10.3. The molecule has 1 atom stereocenters. The number of nitrogens with one attached hydrogen (secondary N) is 1. The van der Waals surface area contributed by atoms with E-state index in [1.165, 1.54) is 5.56 Å². The molecule has 0 aromatic heterocycles. The molecule has 2 aromatic carbocycles. The summed E-state index contributed by atoms with van der Waals surface area (Å²) in [5.74, 6) is 0.359. The number of aryl methyl sites for hydroxylation is 1. The van der Waals surface area contributed by atoms with Crippen molar-refractivity contribution in [3.63, 3.8) is 0 Å². The van der Waals surface area contributed by atoms with E-state index in [2.05, 4.69) is 23.7 Å². The molecule has 1 unspecified atom stereocenters. The Morgan fingerprint density at radius 2 is 1.71 bits per heavy atom. The van der Waals surface area contributed by atoms with Gasteiger partial charge in [-0.15, -0.1) is 0 Å². The third-order valence-electron chi connectivity index (χ3n) is 3.66. The van der Waals surface area contributed by atoms with Crippen molar-refractivity contribution < 1.29 is 9.94 Å². The number of hydroxylamine groups is 1. The molecule has 0 spiro atoms. The van der Waals surface area contributed by atoms with E-state index in [4.69, 9.17) is 4.84 Å². The number of phenolic OH excluding ortho intramolecular Hbond substituents is 1. The van der Waals surface area contributed by atoms with Crippen LogP contribution in [-0.4, -0.2) is 11.2 Å². The topological polar surface area (TPSA) is 41.5 Å². The van der Waals surface area contributed by atoms with E-state index in [-0.39, 0.29) is 6.10 Å². The first-order valence-electron chi connectivity index (χ1n) is 7.24. The summed E-state index contributed by atoms with van der Waals surface area (Å²) in [7, 11) is 0. The van der Waals surface area contributed by atoms with E-state index in [1.54, 1.807) is 6.07 Å². The van der Waals surface area contributed by atoms with Crippen LogP contribution in [-0.2, 0) is 17.7 Å². The minimum absolute atomic E-state index is 0.0757. The summed E-state index contributed by atoms with van der Waals surface area (Å²) in [5, 5.41) is 9.76. The SMILES string of the molecule is Oc1ccccc1CCC1=CC(Cc2ccccc2)ON1. The Bertz CT molecular complexity index is 622. The number of benzene rings is 2. The largest absolute Gasteiger partial charge is 0.508 e. The molecule has 3 heteroatoms. The van der Waals surface area contributed by atoms with Crippen LogP contribution in [0, 0.1) is 0 Å². The number of phenols is 1. The highest BCUT2D eigenvalue weighted by Gasteiger charge is 2.16. The van der Waals surface area contributed by atoms with Crippen molar-refractivity contribution in [2.45, 2.75) is 25.4 Å². The van der Waals surface area contributed by atoms with Gasteiger partial charge in [0.25, 0.3) is 0 Å². The zero-order valence-electron chi connectivity index (χ0n) is 11.8. The number of aromatic hydroxyl groups is 1. The molecule has 108 valence electrons. The molecule has 0 fully saturated rings. The van der Waals surface area contributed by atoms with Crippen molar-refractivity contribution in [2.24, 2.45) is 0 Å². The smallest absolute Gasteiger partial charge is 0.118 e. The molecule has 3 rings (SSSR count). The van der Waals surface area contributed by atoms with E-state index in [0.717, 1.165) is 30.5 Å². The Morgan fingerprint density at radius 3 is 2.52 bits per heavy atom. The fourth-order valence-electron chi connectivity index (χ4n) is 2.52. The van der Waals surface area contributed by atoms with Crippen molar-refractivity contribution in [1.82, 2.24) is 5.48 Å². The van der Waals surface area contributed by atoms with Crippen LogP contribution >= 0.6 is 0 Å². The number of hydrogen-bond acceptors (Lipinski definition) is 3. The monoisotopic (exact) mass is 281 g/mol. The summed E-state index contributed by atoms with van der Waals surface area (Å²) in [6.45, 7) is 0. The minimum Gasteiger partial charge on any atom is -0.508 e. The average molecular weight is 281 g/mol. The normalized spacial score (nSPS) is 17.3. The molecular weight excluding hydrogens is 262 g/mol. The predicted molar refractivity (Wildman–Crippen MR) is 82.7 cm³/mol. The van der Waals surface area contributed by atoms with Gasteiger partial charge in [-0.05, 0) is 36.1 Å². The van der Waals surface area contributed by atoms with Gasteiger partial charge in [-0.25, -0.2) is 0 Å². The van der Waals surface area contributed by atoms with Gasteiger partial charge >= 0.3 is 0 Å². The highest BCUT2D eigenvalue weighted by molar-refractivity contribution is 5.32. The van der Waals surface area contributed by atoms with Crippen LogP contribution in [0.3, 0.4) is 0 Å². The van der Waals surface area contributed by atoms with Crippen LogP contribution in [0.25, 0.3) is 0 Å². The summed E-state index contributed by atoms with van der Waals surface area (Å²) in [6.07, 6.45) is 4.71. The van der Waals surface area contributed by atoms with Gasteiger partial charge in [-0.2, -0.15) is 0 Å². The lowest BCUT2D eigenvalue weighted by Gasteiger charge is -2.07. The third-order valence-corrected chi connectivity index (χ3v) is 3.66. The van der Waals surface area contributed by atoms with Gasteiger partial charge in [-0.1, -0.05) is 48.5 Å². The summed E-state index contributed by atoms with van der Waals surface area (Å²) in [4.78, 5) is 5.58. The molecule has 0 radical (unpaired) electrons. The molecule has 1 heterocycles. The zero-order valence-corrected chi connectivity index (χ0v) is 11.8. The van der Waals surface area contributed by atoms with Gasteiger partial charge in [0.2, 0.25) is 0 Å². The maximum absolute atomic E-state index is 9.76. The maximum Gasteiger partial charge on any atom is 0.118 e. The fourth-order valence-corrected chi connectivity index (χ4v) is 2.52. The Balaban J connectivity index is 1.55. The molecule has 0 bridgehead atoms. The van der Waals surface area contributed by atoms with E-state index >= 15 is 0 Å². The van der Waals surface area contributed by atoms with Crippen LogP contribution in [0.5, 0.6) is 5.75 Å². The van der Waals surface area contributed by atoms with Crippen LogP contribution in [0.1, 0.15) is 17.5 Å². The van der Waals surface area contributed by atoms with Gasteiger partial charge in [0.05, 0.1) is 0 Å². The second-order valence-corrected chi connectivity index (χ2v) is 5.27. The Kier molecular flexibility index (Phi) is 4.22. The summed E-state index contributed by atoms with van der Waals surface area (Å²) >= 11 is 0. The van der Waals surface area contributed by atoms with Gasteiger partial charge in [-0.3, -0.25) is 10.3 Å². The van der Waals surface area contributed by atoms with Crippen LogP contribution < -0.4 is 5.48 Å². The third kappa shape index (κ3) is 3.64. The minimum atomic E-state index is 0.0757. The summed E-state index contributed by atoms with van der Waals surface area (Å²) in [5.41, 5.74) is 6.31. The molecule has 2 aromatic rings. The lowest BCUT2D eigenvalue weighted by Crippen LogP contribution is -2.14. The molecule has 1 aliphatic heterocycles. The number of rotatable bonds is 5. The highest BCUT2D eigenvalue weighted by Crippen LogP contribution is 2.21. The first-order valence-corrected chi connectivity index (χ1v) is 7.24. The van der Waals surface area contributed by atoms with Crippen LogP contribution in [0.4, 0.5) is 0 Å². The zero-order chi connectivity index (χ0) is 14.5. The maximum atomic E-state index is 9.76. The van der Waals surface area contributed by atoms with Gasteiger partial charge in [0, 0.05) is 12.1 Å². The number of para-hydroxylation sites is 1. The molecule has 3 nitrogen and oxygen atoms in total. The van der Waals surface area contributed by atoms with Gasteiger partial charge < -0.3 is 5.11 Å². The highest BCUT2D eigenvalue weighted by atomic mass is 16.7.